The van der Waals surface area contributed by atoms with Crippen molar-refractivity contribution in [2.24, 2.45) is 16.5 Å². The van der Waals surface area contributed by atoms with Gasteiger partial charge in [-0.15, -0.1) is 0 Å². The Balaban J connectivity index is 2.50. The van der Waals surface area contributed by atoms with Crippen LogP contribution in [0.3, 0.4) is 0 Å². The molecule has 2 aliphatic heterocycles. The molecule has 0 aliphatic carbocycles. The van der Waals surface area contributed by atoms with Gasteiger partial charge in [0.1, 0.15) is 48.3 Å². The van der Waals surface area contributed by atoms with E-state index in [-0.39, 0.29) is 56.2 Å². The van der Waals surface area contributed by atoms with Crippen molar-refractivity contribution in [1.82, 2.24) is 52.8 Å². The maximum atomic E-state index is 14.0. The van der Waals surface area contributed by atoms with Gasteiger partial charge in [0.15, 0.2) is 5.96 Å². The Morgan fingerprint density at radius 1 is 0.692 bits per heavy atom. The molecular weight excluding hydrogens is 919 g/mol. The molecule has 0 aromatic carbocycles. The van der Waals surface area contributed by atoms with Crippen molar-refractivity contribution in [3.05, 3.63) is 0 Å². The number of nitrogens with two attached hydrogens (primary N) is 2. The van der Waals surface area contributed by atoms with Crippen molar-refractivity contribution < 1.29 is 63.3 Å². The minimum Gasteiger partial charge on any atom is -0.394 e. The largest absolute Gasteiger partial charge is 0.394 e. The van der Waals surface area contributed by atoms with E-state index in [1.54, 1.807) is 6.26 Å². The highest BCUT2D eigenvalue weighted by molar-refractivity contribution is 7.98. The number of nitrogens with zero attached hydrogens (tertiary/aromatic N) is 2. The second-order valence-corrected chi connectivity index (χ2v) is 16.5. The van der Waals surface area contributed by atoms with E-state index in [0.717, 1.165) is 0 Å². The molecule has 2 aliphatic rings. The van der Waals surface area contributed by atoms with Crippen molar-refractivity contribution in [2.75, 3.05) is 62.9 Å². The molecule has 2 saturated heterocycles. The highest BCUT2D eigenvalue weighted by Crippen LogP contribution is 2.20. The van der Waals surface area contributed by atoms with Crippen molar-refractivity contribution >= 4 is 102 Å². The molecule has 366 valence electrons. The summed E-state index contributed by atoms with van der Waals surface area (Å²) in [5, 5.41) is 51.5. The van der Waals surface area contributed by atoms with E-state index in [0.29, 0.717) is 12.2 Å². The normalized spacial score (nSPS) is 27.2. The molecule has 0 aromatic heterocycles. The van der Waals surface area contributed by atoms with E-state index in [1.165, 1.54) is 23.6 Å². The van der Waals surface area contributed by atoms with Crippen LogP contribution in [0.5, 0.6) is 0 Å². The fourth-order valence-corrected chi connectivity index (χ4v) is 7.33. The molecule has 9 atom stereocenters. The number of fused-ring (bicyclic) bond motifs is 1. The van der Waals surface area contributed by atoms with Crippen molar-refractivity contribution in [3.8, 4) is 0 Å². The highest BCUT2D eigenvalue weighted by Gasteiger charge is 2.39. The third-order valence-electron chi connectivity index (χ3n) is 9.85. The van der Waals surface area contributed by atoms with Crippen LogP contribution in [-0.2, 0) is 47.9 Å². The van der Waals surface area contributed by atoms with Crippen LogP contribution in [0.1, 0.15) is 39.0 Å². The Labute approximate surface area is 389 Å². The lowest BCUT2D eigenvalue weighted by Crippen LogP contribution is -2.62. The molecule has 2 fully saturated rings. The highest BCUT2D eigenvalue weighted by atomic mass is 32.2. The number of nitrogens with one attached hydrogen (secondary N) is 9. The summed E-state index contributed by atoms with van der Waals surface area (Å²) in [5.74, 6) is -9.96. The van der Waals surface area contributed by atoms with Crippen LogP contribution in [0.2, 0.25) is 0 Å². The van der Waals surface area contributed by atoms with E-state index >= 15 is 0 Å². The minimum atomic E-state index is -1.69. The van der Waals surface area contributed by atoms with E-state index in [1.807, 2.05) is 0 Å². The molecule has 65 heavy (non-hydrogen) atoms. The number of thiol groups is 2. The quantitative estimate of drug-likeness (QED) is 0.0374. The van der Waals surface area contributed by atoms with Gasteiger partial charge in [-0.3, -0.25) is 52.9 Å². The molecule has 0 unspecified atom stereocenters. The molecule has 29 heteroatoms. The lowest BCUT2D eigenvalue weighted by Gasteiger charge is -2.30. The van der Waals surface area contributed by atoms with Crippen LogP contribution in [0.4, 0.5) is 0 Å². The third kappa shape index (κ3) is 18.4. The van der Waals surface area contributed by atoms with E-state index in [9.17, 15) is 63.3 Å². The summed E-state index contributed by atoms with van der Waals surface area (Å²) in [6.07, 6.45) is 0.821. The summed E-state index contributed by atoms with van der Waals surface area (Å²) < 4.78 is 0. The average molecular weight is 980 g/mol. The number of amides is 10. The zero-order chi connectivity index (χ0) is 48.8. The minimum absolute atomic E-state index is 0.0343. The Morgan fingerprint density at radius 3 is 1.72 bits per heavy atom. The fourth-order valence-electron chi connectivity index (χ4n) is 6.35. The Bertz CT molecular complexity index is 1740. The van der Waals surface area contributed by atoms with Crippen molar-refractivity contribution in [1.29, 1.82) is 0 Å². The van der Waals surface area contributed by atoms with Gasteiger partial charge in [-0.05, 0) is 51.0 Å². The van der Waals surface area contributed by atoms with E-state index in [2.05, 4.69) is 78.1 Å². The standard InChI is InChI=1S/C36H61N13O13S3/c1-17(52)27-34(61)47-23(16-64)32(59)45-20(13-50)28(55)40-11-26(54)43-22(15-63)31(58)46-21(14-51)30(57)44-19(5-3-8-39-36(37)38)35(62)49-9-4-6-24(49)33(60)41-12-25(53)42-18(7-10-65-2)29(56)48-27/h17-24,27,50-52,63-64H,3-16H2,1-2H3,(H,40,55)(H,41,60)(H,42,53)(H,43,54)(H,44,57)(H,45,59)(H,46,58)(H,47,61)(H,48,56)(H4,37,38,39)/t17-,18+,19+,20+,21+,22+,23+,24+,27+/m1/s1. The lowest BCUT2D eigenvalue weighted by atomic mass is 10.1. The summed E-state index contributed by atoms with van der Waals surface area (Å²) in [6, 6.07) is -11.7. The van der Waals surface area contributed by atoms with Crippen LogP contribution in [0.15, 0.2) is 4.99 Å². The Kier molecular flexibility index (Phi) is 24.8. The summed E-state index contributed by atoms with van der Waals surface area (Å²) in [7, 11) is 0. The SMILES string of the molecule is CSCC[C@@H]1NC(=O)CNC(=O)[C@@H]2CCCN2C(=O)[C@H](CCCN=C(N)N)NC(=O)[C@H](CO)NC(=O)[C@H](CS)NC(=O)CNC(=O)[C@H](CO)NC(=O)[C@H](CS)NC(=O)[C@H]([C@@H](C)O)NC1=O. The molecule has 0 bridgehead atoms. The smallest absolute Gasteiger partial charge is 0.245 e. The third-order valence-corrected chi connectivity index (χ3v) is 11.2. The zero-order valence-corrected chi connectivity index (χ0v) is 38.5. The van der Waals surface area contributed by atoms with Gasteiger partial charge in [0.25, 0.3) is 0 Å². The maximum absolute atomic E-state index is 14.0. The number of carbonyl (C=O) groups excluding carboxylic acids is 10. The number of rotatable bonds is 12. The van der Waals surface area contributed by atoms with Crippen molar-refractivity contribution in [2.45, 2.75) is 93.5 Å². The number of hydrogen-bond acceptors (Lipinski definition) is 17. The van der Waals surface area contributed by atoms with Gasteiger partial charge in [0.2, 0.25) is 59.1 Å². The van der Waals surface area contributed by atoms with Crippen LogP contribution < -0.4 is 59.3 Å². The van der Waals surface area contributed by atoms with E-state index < -0.39 is 140 Å². The summed E-state index contributed by atoms with van der Waals surface area (Å²) >= 11 is 9.48. The number of aliphatic hydroxyl groups excluding tert-OH is 3. The maximum Gasteiger partial charge on any atom is 0.245 e. The predicted octanol–water partition coefficient (Wildman–Crippen LogP) is -8.35. The van der Waals surface area contributed by atoms with Gasteiger partial charge >= 0.3 is 0 Å². The fraction of sp³-hybridized carbons (Fsp3) is 0.694. The zero-order valence-electron chi connectivity index (χ0n) is 35.9. The number of thioether (sulfide) groups is 1. The molecule has 16 N–H and O–H groups in total. The summed E-state index contributed by atoms with van der Waals surface area (Å²) in [6.45, 7) is -2.12. The number of aliphatic hydroxyl groups is 3. The Morgan fingerprint density at radius 2 is 1.18 bits per heavy atom. The number of aliphatic imine (C=N–C) groups is 1. The first-order valence-corrected chi connectivity index (χ1v) is 23.1. The molecular formula is C36H61N13O13S3. The molecule has 0 aromatic rings. The molecule has 10 amide bonds. The summed E-state index contributed by atoms with van der Waals surface area (Å²) in [4.78, 5) is 138. The molecule has 2 heterocycles. The monoisotopic (exact) mass is 979 g/mol. The van der Waals surface area contributed by atoms with Crippen LogP contribution in [-0.4, -0.2) is 203 Å². The van der Waals surface area contributed by atoms with Gasteiger partial charge in [-0.25, -0.2) is 0 Å². The first-order chi connectivity index (χ1) is 30.8. The van der Waals surface area contributed by atoms with Crippen LogP contribution >= 0.6 is 37.0 Å². The van der Waals surface area contributed by atoms with Crippen LogP contribution in [0.25, 0.3) is 0 Å². The van der Waals surface area contributed by atoms with Gasteiger partial charge in [-0.2, -0.15) is 37.0 Å². The molecule has 0 saturated carbocycles. The van der Waals surface area contributed by atoms with Gasteiger partial charge in [0, 0.05) is 24.6 Å². The van der Waals surface area contributed by atoms with E-state index in [4.69, 9.17) is 11.5 Å². The topological polar surface area (TPSA) is 407 Å². The summed E-state index contributed by atoms with van der Waals surface area (Å²) in [5.41, 5.74) is 10.8. The molecule has 0 spiro atoms. The predicted molar refractivity (Wildman–Crippen MR) is 241 cm³/mol. The average Bonchev–Trinajstić information content (AvgIpc) is 3.77. The van der Waals surface area contributed by atoms with Gasteiger partial charge in [0.05, 0.1) is 32.4 Å². The number of guanidine groups is 1. The number of carbonyl (C=O) groups is 10. The second-order valence-electron chi connectivity index (χ2n) is 14.8. The van der Waals surface area contributed by atoms with Crippen molar-refractivity contribution in [3.63, 3.8) is 0 Å². The van der Waals surface area contributed by atoms with Gasteiger partial charge < -0.3 is 79.5 Å². The molecule has 0 radical (unpaired) electrons. The van der Waals surface area contributed by atoms with Crippen LogP contribution in [0, 0.1) is 0 Å². The Hall–Kier alpha value is -5.10. The second kappa shape index (κ2) is 28.7. The first-order valence-electron chi connectivity index (χ1n) is 20.4. The molecule has 26 nitrogen and oxygen atoms in total. The van der Waals surface area contributed by atoms with Gasteiger partial charge in [-0.1, -0.05) is 0 Å². The number of hydrogen-bond donors (Lipinski definition) is 16. The molecule has 2 rings (SSSR count). The lowest BCUT2D eigenvalue weighted by molar-refractivity contribution is -0.142. The first kappa shape index (κ1) is 56.0.